The van der Waals surface area contributed by atoms with Crippen LogP contribution < -0.4 is 0 Å². The van der Waals surface area contributed by atoms with Gasteiger partial charge in [-0.05, 0) is 26.2 Å². The first kappa shape index (κ1) is 17.6. The average Bonchev–Trinajstić information content (AvgIpc) is 2.37. The zero-order valence-corrected chi connectivity index (χ0v) is 12.8. The topological polar surface area (TPSA) is 68.1 Å². The van der Waals surface area contributed by atoms with Crippen molar-refractivity contribution in [2.45, 2.75) is 59.5 Å². The summed E-state index contributed by atoms with van der Waals surface area (Å²) in [6.45, 7) is 8.01. The van der Waals surface area contributed by atoms with E-state index in [-0.39, 0.29) is 0 Å². The Morgan fingerprint density at radius 2 is 2.11 bits per heavy atom. The highest BCUT2D eigenvalue weighted by Crippen LogP contribution is 2.28. The van der Waals surface area contributed by atoms with Gasteiger partial charge in [-0.15, -0.1) is 0 Å². The van der Waals surface area contributed by atoms with Gasteiger partial charge >= 0.3 is 8.25 Å². The lowest BCUT2D eigenvalue weighted by molar-refractivity contribution is 0.177. The van der Waals surface area contributed by atoms with Crippen LogP contribution in [-0.4, -0.2) is 23.6 Å². The highest BCUT2D eigenvalue weighted by atomic mass is 31.1. The van der Waals surface area contributed by atoms with E-state index in [1.54, 1.807) is 13.8 Å². The van der Waals surface area contributed by atoms with Crippen LogP contribution in [0, 0.1) is 5.92 Å². The number of oxime groups is 1. The molecule has 0 spiro atoms. The van der Waals surface area contributed by atoms with E-state index < -0.39 is 14.4 Å². The second kappa shape index (κ2) is 10.5. The second-order valence-corrected chi connectivity index (χ2v) is 5.50. The molecule has 0 saturated carbocycles. The van der Waals surface area contributed by atoms with Crippen LogP contribution in [-0.2, 0) is 13.6 Å². The number of unbranched alkanes of at least 4 members (excludes halogenated alkanes) is 1. The highest BCUT2D eigenvalue weighted by molar-refractivity contribution is 7.33. The highest BCUT2D eigenvalue weighted by Gasteiger charge is 2.13. The number of hydrogen-bond acceptors (Lipinski definition) is 5. The summed E-state index contributed by atoms with van der Waals surface area (Å²) in [5.74, 6) is 0.436. The molecule has 1 N–H and O–H groups in total. The van der Waals surface area contributed by atoms with Gasteiger partial charge in [-0.2, -0.15) is 0 Å². The van der Waals surface area contributed by atoms with E-state index in [9.17, 15) is 4.57 Å². The molecule has 0 radical (unpaired) electrons. The van der Waals surface area contributed by atoms with E-state index >= 15 is 0 Å². The molecule has 0 rings (SSSR count). The average molecular weight is 279 g/mol. The minimum absolute atomic E-state index is 0.384. The lowest BCUT2D eigenvalue weighted by Crippen LogP contribution is -2.15. The molecule has 6 heteroatoms. The fourth-order valence-electron chi connectivity index (χ4n) is 1.43. The molecule has 0 heterocycles. The van der Waals surface area contributed by atoms with Gasteiger partial charge in [-0.25, -0.2) is 0 Å². The van der Waals surface area contributed by atoms with Crippen molar-refractivity contribution in [2.75, 3.05) is 6.61 Å². The van der Waals surface area contributed by atoms with E-state index in [0.717, 1.165) is 25.7 Å². The van der Waals surface area contributed by atoms with Crippen LogP contribution in [0.1, 0.15) is 53.4 Å². The largest absolute Gasteiger partial charge is 0.411 e. The smallest absolute Gasteiger partial charge is 0.319 e. The van der Waals surface area contributed by atoms with Crippen molar-refractivity contribution in [1.29, 1.82) is 0 Å². The van der Waals surface area contributed by atoms with Crippen LogP contribution in [0.2, 0.25) is 0 Å². The SMILES string of the molecule is CCCCC(CC)CO[PH](=O)OC(C)C(C)=NO. The molecule has 0 aromatic rings. The van der Waals surface area contributed by atoms with Crippen molar-refractivity contribution in [3.05, 3.63) is 0 Å². The first-order valence-corrected chi connectivity index (χ1v) is 7.79. The standard InChI is InChI=1S/C12H26NO4P/c1-5-7-8-12(6-2)9-16-18(15)17-11(4)10(3)13-14/h11-12,14,18H,5-9H2,1-4H3. The molecular formula is C12H26NO4P. The van der Waals surface area contributed by atoms with Crippen LogP contribution in [0.3, 0.4) is 0 Å². The predicted molar refractivity (Wildman–Crippen MR) is 73.7 cm³/mol. The predicted octanol–water partition coefficient (Wildman–Crippen LogP) is 3.86. The molecule has 0 aliphatic rings. The van der Waals surface area contributed by atoms with Gasteiger partial charge in [0.25, 0.3) is 0 Å². The molecule has 0 aliphatic heterocycles. The number of hydrogen-bond donors (Lipinski definition) is 1. The Morgan fingerprint density at radius 3 is 2.61 bits per heavy atom. The molecule has 0 aromatic heterocycles. The zero-order valence-electron chi connectivity index (χ0n) is 11.8. The van der Waals surface area contributed by atoms with E-state index in [1.165, 1.54) is 0 Å². The maximum atomic E-state index is 11.6. The van der Waals surface area contributed by atoms with Gasteiger partial charge in [0.1, 0.15) is 6.10 Å². The molecular weight excluding hydrogens is 253 g/mol. The molecule has 18 heavy (non-hydrogen) atoms. The Bertz CT molecular complexity index is 271. The van der Waals surface area contributed by atoms with Crippen LogP contribution in [0.15, 0.2) is 5.16 Å². The van der Waals surface area contributed by atoms with Gasteiger partial charge in [0.05, 0.1) is 12.3 Å². The van der Waals surface area contributed by atoms with Gasteiger partial charge in [-0.1, -0.05) is 38.3 Å². The van der Waals surface area contributed by atoms with Gasteiger partial charge in [-0.3, -0.25) is 4.57 Å². The van der Waals surface area contributed by atoms with Crippen LogP contribution in [0.5, 0.6) is 0 Å². The van der Waals surface area contributed by atoms with Crippen LogP contribution >= 0.6 is 8.25 Å². The van der Waals surface area contributed by atoms with Gasteiger partial charge in [0.2, 0.25) is 0 Å². The van der Waals surface area contributed by atoms with Crippen LogP contribution in [0.25, 0.3) is 0 Å². The molecule has 108 valence electrons. The summed E-state index contributed by atoms with van der Waals surface area (Å²) in [6, 6.07) is 0. The molecule has 0 bridgehead atoms. The van der Waals surface area contributed by atoms with Crippen molar-refractivity contribution in [1.82, 2.24) is 0 Å². The van der Waals surface area contributed by atoms with Crippen molar-refractivity contribution < 1.29 is 18.8 Å². The Kier molecular flexibility index (Phi) is 10.3. The molecule has 0 aliphatic carbocycles. The summed E-state index contributed by atoms with van der Waals surface area (Å²) < 4.78 is 22.0. The van der Waals surface area contributed by atoms with E-state index in [1.807, 2.05) is 0 Å². The monoisotopic (exact) mass is 279 g/mol. The van der Waals surface area contributed by atoms with E-state index in [0.29, 0.717) is 18.2 Å². The Hall–Kier alpha value is -0.380. The van der Waals surface area contributed by atoms with Crippen molar-refractivity contribution in [3.8, 4) is 0 Å². The van der Waals surface area contributed by atoms with Crippen LogP contribution in [0.4, 0.5) is 0 Å². The summed E-state index contributed by atoms with van der Waals surface area (Å²) in [5, 5.41) is 11.6. The van der Waals surface area contributed by atoms with Gasteiger partial charge in [0.15, 0.2) is 0 Å². The third kappa shape index (κ3) is 7.85. The van der Waals surface area contributed by atoms with Crippen molar-refractivity contribution in [3.63, 3.8) is 0 Å². The van der Waals surface area contributed by atoms with E-state index in [2.05, 4.69) is 19.0 Å². The fourth-order valence-corrected chi connectivity index (χ4v) is 2.33. The lowest BCUT2D eigenvalue weighted by atomic mass is 10.0. The molecule has 3 unspecified atom stereocenters. The normalized spacial score (nSPS) is 17.4. The second-order valence-electron chi connectivity index (χ2n) is 4.48. The molecule has 0 saturated heterocycles. The minimum atomic E-state index is -2.51. The summed E-state index contributed by atoms with van der Waals surface area (Å²) in [4.78, 5) is 0. The number of rotatable bonds is 10. The van der Waals surface area contributed by atoms with Crippen molar-refractivity contribution in [2.24, 2.45) is 11.1 Å². The third-order valence-corrected chi connectivity index (χ3v) is 3.95. The number of nitrogens with zero attached hydrogens (tertiary/aromatic N) is 1. The summed E-state index contributed by atoms with van der Waals surface area (Å²) >= 11 is 0. The zero-order chi connectivity index (χ0) is 14.0. The molecule has 0 amide bonds. The first-order chi connectivity index (χ1) is 8.54. The summed E-state index contributed by atoms with van der Waals surface area (Å²) in [5.41, 5.74) is 0.384. The summed E-state index contributed by atoms with van der Waals surface area (Å²) in [6.07, 6.45) is 3.94. The maximum Gasteiger partial charge on any atom is 0.319 e. The Morgan fingerprint density at radius 1 is 1.44 bits per heavy atom. The minimum Gasteiger partial charge on any atom is -0.411 e. The quantitative estimate of drug-likeness (QED) is 0.285. The molecule has 0 fully saturated rings. The summed E-state index contributed by atoms with van der Waals surface area (Å²) in [7, 11) is -2.51. The first-order valence-electron chi connectivity index (χ1n) is 6.57. The lowest BCUT2D eigenvalue weighted by Gasteiger charge is -2.16. The molecule has 3 atom stereocenters. The van der Waals surface area contributed by atoms with Gasteiger partial charge < -0.3 is 14.3 Å². The molecule has 5 nitrogen and oxygen atoms in total. The van der Waals surface area contributed by atoms with E-state index in [4.69, 9.17) is 14.3 Å². The third-order valence-electron chi connectivity index (χ3n) is 3.00. The Balaban J connectivity index is 3.94. The molecule has 0 aromatic carbocycles. The maximum absolute atomic E-state index is 11.6. The fraction of sp³-hybridized carbons (Fsp3) is 0.917. The van der Waals surface area contributed by atoms with Gasteiger partial charge in [0, 0.05) is 0 Å². The van der Waals surface area contributed by atoms with Crippen molar-refractivity contribution >= 4 is 14.0 Å². The Labute approximate surface area is 111 Å².